The second-order valence-electron chi connectivity index (χ2n) is 7.92. The fourth-order valence-electron chi connectivity index (χ4n) is 3.86. The number of amidine groups is 1. The van der Waals surface area contributed by atoms with Gasteiger partial charge in [0.25, 0.3) is 5.91 Å². The zero-order valence-electron chi connectivity index (χ0n) is 17.3. The van der Waals surface area contributed by atoms with Gasteiger partial charge in [0.2, 0.25) is 10.0 Å². The molecule has 6 nitrogen and oxygen atoms in total. The zero-order valence-corrected chi connectivity index (χ0v) is 19.0. The molecule has 2 aliphatic rings. The number of nitrogens with two attached hydrogens (primary N) is 1. The highest BCUT2D eigenvalue weighted by molar-refractivity contribution is 8.18. The summed E-state index contributed by atoms with van der Waals surface area (Å²) in [6.07, 6.45) is 7.24. The van der Waals surface area contributed by atoms with Gasteiger partial charge in [-0.3, -0.25) is 9.69 Å². The fraction of sp³-hybridized carbons (Fsp3) is 0.304. The molecule has 0 atom stereocenters. The van der Waals surface area contributed by atoms with Crippen LogP contribution in [0.5, 0.6) is 0 Å². The number of aryl methyl sites for hydroxylation is 1. The lowest BCUT2D eigenvalue weighted by Crippen LogP contribution is -2.40. The van der Waals surface area contributed by atoms with Crippen LogP contribution in [-0.2, 0) is 14.8 Å². The molecule has 4 rings (SSSR count). The van der Waals surface area contributed by atoms with E-state index in [1.165, 1.54) is 35.9 Å². The molecule has 2 aromatic carbocycles. The first-order valence-electron chi connectivity index (χ1n) is 10.3. The Bertz CT molecular complexity index is 1130. The minimum absolute atomic E-state index is 0.0163. The van der Waals surface area contributed by atoms with Gasteiger partial charge in [-0.25, -0.2) is 18.5 Å². The summed E-state index contributed by atoms with van der Waals surface area (Å²) in [6, 6.07) is 14.3. The van der Waals surface area contributed by atoms with E-state index in [4.69, 9.17) is 10.1 Å². The minimum Gasteiger partial charge on any atom is -0.283 e. The maximum atomic E-state index is 13.3. The molecule has 1 amide bonds. The third-order valence-corrected chi connectivity index (χ3v) is 7.45. The first-order chi connectivity index (χ1) is 14.8. The van der Waals surface area contributed by atoms with Gasteiger partial charge in [-0.15, -0.1) is 0 Å². The van der Waals surface area contributed by atoms with Crippen LogP contribution >= 0.6 is 11.8 Å². The van der Waals surface area contributed by atoms with Gasteiger partial charge >= 0.3 is 0 Å². The third-order valence-electron chi connectivity index (χ3n) is 5.54. The molecule has 2 aromatic rings. The normalized spacial score (nSPS) is 20.7. The second kappa shape index (κ2) is 8.98. The van der Waals surface area contributed by atoms with E-state index in [-0.39, 0.29) is 16.8 Å². The molecule has 0 bridgehead atoms. The fourth-order valence-corrected chi connectivity index (χ4v) is 5.43. The van der Waals surface area contributed by atoms with Gasteiger partial charge < -0.3 is 0 Å². The number of rotatable bonds is 4. The van der Waals surface area contributed by atoms with Gasteiger partial charge in [0.05, 0.1) is 15.5 Å². The van der Waals surface area contributed by atoms with E-state index in [0.717, 1.165) is 31.2 Å². The Morgan fingerprint density at radius 2 is 1.68 bits per heavy atom. The molecule has 1 saturated heterocycles. The largest absolute Gasteiger partial charge is 0.283 e. The quantitative estimate of drug-likeness (QED) is 0.683. The summed E-state index contributed by atoms with van der Waals surface area (Å²) < 4.78 is 23.0. The van der Waals surface area contributed by atoms with Gasteiger partial charge in [-0.1, -0.05) is 49.1 Å². The SMILES string of the molecule is Cc1ccc(C=C2SC(=Nc3ccc(S(N)(=O)=O)cc3)N(C3CCCCC3)C2=O)cc1. The molecule has 162 valence electrons. The monoisotopic (exact) mass is 455 g/mol. The van der Waals surface area contributed by atoms with Crippen molar-refractivity contribution in [1.29, 1.82) is 0 Å². The van der Waals surface area contributed by atoms with E-state index >= 15 is 0 Å². The topological polar surface area (TPSA) is 92.8 Å². The van der Waals surface area contributed by atoms with Crippen molar-refractivity contribution in [3.05, 3.63) is 64.6 Å². The van der Waals surface area contributed by atoms with E-state index in [0.29, 0.717) is 15.8 Å². The van der Waals surface area contributed by atoms with Crippen LogP contribution in [0.25, 0.3) is 6.08 Å². The van der Waals surface area contributed by atoms with Crippen molar-refractivity contribution in [3.8, 4) is 0 Å². The van der Waals surface area contributed by atoms with Crippen LogP contribution in [0.4, 0.5) is 5.69 Å². The first kappa shape index (κ1) is 21.8. The van der Waals surface area contributed by atoms with Crippen LogP contribution in [0.3, 0.4) is 0 Å². The van der Waals surface area contributed by atoms with E-state index in [1.54, 1.807) is 12.1 Å². The highest BCUT2D eigenvalue weighted by Gasteiger charge is 2.38. The highest BCUT2D eigenvalue weighted by atomic mass is 32.2. The Labute approximate surface area is 187 Å². The Balaban J connectivity index is 1.68. The molecule has 2 fully saturated rings. The summed E-state index contributed by atoms with van der Waals surface area (Å²) in [7, 11) is -3.76. The molecule has 0 radical (unpaired) electrons. The standard InChI is InChI=1S/C23H25N3O3S2/c1-16-7-9-17(10-8-16)15-21-22(27)26(19-5-3-2-4-6-19)23(30-21)25-18-11-13-20(14-12-18)31(24,28)29/h7-15,19H,2-6H2,1H3,(H2,24,28,29). The predicted octanol–water partition coefficient (Wildman–Crippen LogP) is 4.58. The number of primary sulfonamides is 1. The molecule has 1 aliphatic carbocycles. The summed E-state index contributed by atoms with van der Waals surface area (Å²) in [5.41, 5.74) is 2.73. The lowest BCUT2D eigenvalue weighted by Gasteiger charge is -2.30. The number of benzene rings is 2. The molecule has 0 spiro atoms. The second-order valence-corrected chi connectivity index (χ2v) is 10.5. The van der Waals surface area contributed by atoms with Crippen molar-refractivity contribution in [2.24, 2.45) is 10.1 Å². The Morgan fingerprint density at radius 3 is 2.29 bits per heavy atom. The molecule has 2 N–H and O–H groups in total. The van der Waals surface area contributed by atoms with Gasteiger partial charge in [0, 0.05) is 6.04 Å². The number of sulfonamides is 1. The summed E-state index contributed by atoms with van der Waals surface area (Å²) in [4.78, 5) is 20.5. The molecule has 0 aromatic heterocycles. The predicted molar refractivity (Wildman–Crippen MR) is 125 cm³/mol. The lowest BCUT2D eigenvalue weighted by molar-refractivity contribution is -0.124. The van der Waals surface area contributed by atoms with Crippen LogP contribution in [0.2, 0.25) is 0 Å². The molecular formula is C23H25N3O3S2. The van der Waals surface area contributed by atoms with Gasteiger partial charge in [0.1, 0.15) is 0 Å². The van der Waals surface area contributed by atoms with Crippen molar-refractivity contribution in [2.45, 2.75) is 50.0 Å². The average Bonchev–Trinajstić information content (AvgIpc) is 3.04. The maximum Gasteiger partial charge on any atom is 0.267 e. The van der Waals surface area contributed by atoms with E-state index in [9.17, 15) is 13.2 Å². The number of nitrogens with zero attached hydrogens (tertiary/aromatic N) is 2. The summed E-state index contributed by atoms with van der Waals surface area (Å²) >= 11 is 1.37. The number of carbonyl (C=O) groups is 1. The van der Waals surface area contributed by atoms with Crippen LogP contribution in [0.1, 0.15) is 43.2 Å². The highest BCUT2D eigenvalue weighted by Crippen LogP contribution is 2.38. The molecule has 8 heteroatoms. The Morgan fingerprint density at radius 1 is 1.03 bits per heavy atom. The van der Waals surface area contributed by atoms with Crippen LogP contribution in [0.15, 0.2) is 63.3 Å². The number of thioether (sulfide) groups is 1. The number of hydrogen-bond donors (Lipinski definition) is 1. The zero-order chi connectivity index (χ0) is 22.0. The van der Waals surface area contributed by atoms with Crippen LogP contribution in [-0.4, -0.2) is 30.4 Å². The lowest BCUT2D eigenvalue weighted by atomic mass is 9.94. The summed E-state index contributed by atoms with van der Waals surface area (Å²) in [6.45, 7) is 2.03. The van der Waals surface area contributed by atoms with Gasteiger partial charge in [-0.2, -0.15) is 0 Å². The molecule has 1 heterocycles. The van der Waals surface area contributed by atoms with Gasteiger partial charge in [0.15, 0.2) is 5.17 Å². The van der Waals surface area contributed by atoms with Crippen molar-refractivity contribution in [2.75, 3.05) is 0 Å². The van der Waals surface area contributed by atoms with Crippen LogP contribution in [0, 0.1) is 6.92 Å². The number of aliphatic imine (C=N–C) groups is 1. The van der Waals surface area contributed by atoms with Crippen molar-refractivity contribution < 1.29 is 13.2 Å². The Hall–Kier alpha value is -2.42. The van der Waals surface area contributed by atoms with E-state index in [2.05, 4.69) is 0 Å². The molecular weight excluding hydrogens is 430 g/mol. The smallest absolute Gasteiger partial charge is 0.267 e. The summed E-state index contributed by atoms with van der Waals surface area (Å²) in [5, 5.41) is 5.82. The molecule has 1 saturated carbocycles. The number of carbonyl (C=O) groups excluding carboxylic acids is 1. The van der Waals surface area contributed by atoms with Crippen LogP contribution < -0.4 is 5.14 Å². The van der Waals surface area contributed by atoms with Crippen molar-refractivity contribution >= 4 is 44.6 Å². The maximum absolute atomic E-state index is 13.3. The van der Waals surface area contributed by atoms with E-state index < -0.39 is 10.0 Å². The molecule has 31 heavy (non-hydrogen) atoms. The molecule has 1 aliphatic heterocycles. The number of hydrogen-bond acceptors (Lipinski definition) is 5. The molecule has 0 unspecified atom stereocenters. The first-order valence-corrected chi connectivity index (χ1v) is 12.7. The third kappa shape index (κ3) is 5.08. The Kier molecular flexibility index (Phi) is 6.31. The minimum atomic E-state index is -3.76. The van der Waals surface area contributed by atoms with Crippen molar-refractivity contribution in [1.82, 2.24) is 4.90 Å². The van der Waals surface area contributed by atoms with Gasteiger partial charge in [-0.05, 0) is 67.4 Å². The average molecular weight is 456 g/mol. The number of amides is 1. The summed E-state index contributed by atoms with van der Waals surface area (Å²) in [5.74, 6) is -0.0163. The van der Waals surface area contributed by atoms with E-state index in [1.807, 2.05) is 42.2 Å². The van der Waals surface area contributed by atoms with Crippen molar-refractivity contribution in [3.63, 3.8) is 0 Å².